The number of nitrogens with zero attached hydrogens (tertiary/aromatic N) is 1. The first-order valence-corrected chi connectivity index (χ1v) is 9.98. The van der Waals surface area contributed by atoms with Crippen LogP contribution >= 0.6 is 28.6 Å². The first-order chi connectivity index (χ1) is 10.2. The summed E-state index contributed by atoms with van der Waals surface area (Å²) in [6.07, 6.45) is 19.4. The molecule has 136 valence electrons. The fourth-order valence-electron chi connectivity index (χ4n) is 3.00. The first kappa shape index (κ1) is 25.0. The summed E-state index contributed by atoms with van der Waals surface area (Å²) in [4.78, 5) is 2.42. The third-order valence-corrected chi connectivity index (χ3v) is 4.81. The van der Waals surface area contributed by atoms with Gasteiger partial charge in [0.2, 0.25) is 0 Å². The van der Waals surface area contributed by atoms with E-state index >= 15 is 0 Å². The molecule has 1 nitrogen and oxygen atoms in total. The lowest BCUT2D eigenvalue weighted by molar-refractivity contribution is 0.252. The van der Waals surface area contributed by atoms with E-state index in [2.05, 4.69) is 25.9 Å². The summed E-state index contributed by atoms with van der Waals surface area (Å²) in [6, 6.07) is 0.782. The van der Waals surface area contributed by atoms with E-state index in [4.69, 9.17) is 11.6 Å². The van der Waals surface area contributed by atoms with Crippen LogP contribution in [0.3, 0.4) is 0 Å². The monoisotopic (exact) mass is 397 g/mol. The molecule has 0 aromatic rings. The quantitative estimate of drug-likeness (QED) is 0.196. The minimum atomic E-state index is 0. The highest BCUT2D eigenvalue weighted by molar-refractivity contribution is 8.93. The first-order valence-electron chi connectivity index (χ1n) is 9.44. The summed E-state index contributed by atoms with van der Waals surface area (Å²) >= 11 is 5.74. The molecule has 0 fully saturated rings. The van der Waals surface area contributed by atoms with Crippen LogP contribution < -0.4 is 0 Å². The van der Waals surface area contributed by atoms with E-state index in [0.717, 1.165) is 11.9 Å². The van der Waals surface area contributed by atoms with Crippen LogP contribution in [0.15, 0.2) is 0 Å². The lowest BCUT2D eigenvalue weighted by Crippen LogP contribution is -2.27. The zero-order valence-electron chi connectivity index (χ0n) is 15.4. The van der Waals surface area contributed by atoms with Gasteiger partial charge in [-0.25, -0.2) is 0 Å². The van der Waals surface area contributed by atoms with Crippen molar-refractivity contribution in [1.29, 1.82) is 0 Å². The lowest BCUT2D eigenvalue weighted by atomic mass is 10.00. The van der Waals surface area contributed by atoms with Gasteiger partial charge in [-0.1, -0.05) is 77.6 Å². The van der Waals surface area contributed by atoms with Gasteiger partial charge < -0.3 is 4.90 Å². The average molecular weight is 399 g/mol. The Hall–Kier alpha value is 0.730. The molecule has 22 heavy (non-hydrogen) atoms. The van der Waals surface area contributed by atoms with E-state index in [9.17, 15) is 0 Å². The van der Waals surface area contributed by atoms with Crippen molar-refractivity contribution in [2.24, 2.45) is 0 Å². The van der Waals surface area contributed by atoms with Gasteiger partial charge in [0, 0.05) is 11.9 Å². The molecule has 0 spiro atoms. The van der Waals surface area contributed by atoms with Gasteiger partial charge in [-0.3, -0.25) is 0 Å². The molecule has 0 aliphatic rings. The topological polar surface area (TPSA) is 3.24 Å². The molecule has 0 saturated heterocycles. The van der Waals surface area contributed by atoms with Crippen molar-refractivity contribution in [2.45, 2.75) is 103 Å². The van der Waals surface area contributed by atoms with Gasteiger partial charge in [0.15, 0.2) is 0 Å². The van der Waals surface area contributed by atoms with Crippen LogP contribution in [0.5, 0.6) is 0 Å². The van der Waals surface area contributed by atoms with E-state index in [1.165, 1.54) is 89.9 Å². The molecule has 0 aromatic heterocycles. The Morgan fingerprint density at radius 3 is 1.50 bits per heavy atom. The van der Waals surface area contributed by atoms with Gasteiger partial charge in [-0.15, -0.1) is 28.6 Å². The number of rotatable bonds is 16. The maximum absolute atomic E-state index is 5.74. The highest BCUT2D eigenvalue weighted by Gasteiger charge is 2.10. The second kappa shape index (κ2) is 19.8. The Kier molecular flexibility index (Phi) is 22.5. The largest absolute Gasteiger partial charge is 0.306 e. The molecule has 0 aromatic carbocycles. The summed E-state index contributed by atoms with van der Waals surface area (Å²) in [6.45, 7) is 2.29. The number of alkyl halides is 1. The third-order valence-electron chi connectivity index (χ3n) is 4.54. The Morgan fingerprint density at radius 2 is 1.09 bits per heavy atom. The summed E-state index contributed by atoms with van der Waals surface area (Å²) in [7, 11) is 4.47. The van der Waals surface area contributed by atoms with Crippen molar-refractivity contribution in [3.05, 3.63) is 0 Å². The summed E-state index contributed by atoms with van der Waals surface area (Å²) in [5, 5.41) is 0. The van der Waals surface area contributed by atoms with Gasteiger partial charge in [-0.05, 0) is 33.4 Å². The Morgan fingerprint density at radius 1 is 0.682 bits per heavy atom. The Bertz CT molecular complexity index is 200. The van der Waals surface area contributed by atoms with Crippen LogP contribution in [-0.4, -0.2) is 30.9 Å². The van der Waals surface area contributed by atoms with Crippen LogP contribution in [0.4, 0.5) is 0 Å². The molecule has 0 aliphatic heterocycles. The Balaban J connectivity index is 0. The van der Waals surface area contributed by atoms with E-state index in [0.29, 0.717) is 0 Å². The molecule has 0 bridgehead atoms. The third kappa shape index (κ3) is 17.1. The van der Waals surface area contributed by atoms with Gasteiger partial charge in [0.1, 0.15) is 0 Å². The molecular weight excluding hydrogens is 358 g/mol. The number of hydrogen-bond donors (Lipinski definition) is 0. The van der Waals surface area contributed by atoms with Crippen LogP contribution in [0, 0.1) is 0 Å². The number of hydrogen-bond acceptors (Lipinski definition) is 1. The summed E-state index contributed by atoms with van der Waals surface area (Å²) in [5.74, 6) is 0.824. The van der Waals surface area contributed by atoms with E-state index in [-0.39, 0.29) is 17.0 Å². The molecule has 0 heterocycles. The standard InChI is InChI=1S/C19H40ClN.BrH/c1-4-5-6-7-8-9-10-11-13-16-19(21(2)3)17-14-12-15-18-20;/h19H,4-18H2,1-3H3;1H. The predicted octanol–water partition coefficient (Wildman–Crippen LogP) is 7.21. The molecular formula is C19H41BrClN. The van der Waals surface area contributed by atoms with Gasteiger partial charge in [0.05, 0.1) is 0 Å². The van der Waals surface area contributed by atoms with E-state index < -0.39 is 0 Å². The Labute approximate surface area is 156 Å². The fraction of sp³-hybridized carbons (Fsp3) is 1.00. The van der Waals surface area contributed by atoms with Crippen LogP contribution in [0.1, 0.15) is 96.8 Å². The molecule has 3 heteroatoms. The number of unbranched alkanes of at least 4 members (excludes halogenated alkanes) is 10. The summed E-state index contributed by atoms with van der Waals surface area (Å²) in [5.41, 5.74) is 0. The molecule has 0 N–H and O–H groups in total. The van der Waals surface area contributed by atoms with Crippen LogP contribution in [0.2, 0.25) is 0 Å². The maximum atomic E-state index is 5.74. The molecule has 0 rings (SSSR count). The van der Waals surface area contributed by atoms with Crippen LogP contribution in [0.25, 0.3) is 0 Å². The van der Waals surface area contributed by atoms with Gasteiger partial charge in [0.25, 0.3) is 0 Å². The zero-order valence-corrected chi connectivity index (χ0v) is 17.9. The highest BCUT2D eigenvalue weighted by atomic mass is 79.9. The lowest BCUT2D eigenvalue weighted by Gasteiger charge is -2.24. The molecule has 0 amide bonds. The average Bonchev–Trinajstić information content (AvgIpc) is 2.47. The SMILES string of the molecule is Br.CCCCCCCCCCCC(CCCCCCl)N(C)C. The van der Waals surface area contributed by atoms with Crippen molar-refractivity contribution >= 4 is 28.6 Å². The minimum Gasteiger partial charge on any atom is -0.306 e. The molecule has 0 aliphatic carbocycles. The second-order valence-electron chi connectivity index (χ2n) is 6.77. The van der Waals surface area contributed by atoms with Crippen LogP contribution in [-0.2, 0) is 0 Å². The predicted molar refractivity (Wildman–Crippen MR) is 109 cm³/mol. The van der Waals surface area contributed by atoms with Crippen molar-refractivity contribution in [3.8, 4) is 0 Å². The molecule has 1 atom stereocenters. The molecule has 0 radical (unpaired) electrons. The minimum absolute atomic E-state index is 0. The highest BCUT2D eigenvalue weighted by Crippen LogP contribution is 2.16. The second-order valence-corrected chi connectivity index (χ2v) is 7.15. The smallest absolute Gasteiger partial charge is 0.0223 e. The zero-order chi connectivity index (χ0) is 15.8. The molecule has 0 saturated carbocycles. The van der Waals surface area contributed by atoms with Gasteiger partial charge >= 0.3 is 0 Å². The van der Waals surface area contributed by atoms with Crippen molar-refractivity contribution < 1.29 is 0 Å². The van der Waals surface area contributed by atoms with Crippen molar-refractivity contribution in [2.75, 3.05) is 20.0 Å². The maximum Gasteiger partial charge on any atom is 0.0223 e. The normalized spacial score (nSPS) is 12.4. The molecule has 1 unspecified atom stereocenters. The van der Waals surface area contributed by atoms with E-state index in [1.807, 2.05) is 0 Å². The van der Waals surface area contributed by atoms with Crippen molar-refractivity contribution in [1.82, 2.24) is 4.90 Å². The van der Waals surface area contributed by atoms with Crippen molar-refractivity contribution in [3.63, 3.8) is 0 Å². The van der Waals surface area contributed by atoms with Gasteiger partial charge in [-0.2, -0.15) is 0 Å². The summed E-state index contributed by atoms with van der Waals surface area (Å²) < 4.78 is 0. The number of halogens is 2. The van der Waals surface area contributed by atoms with E-state index in [1.54, 1.807) is 0 Å². The fourth-order valence-corrected chi connectivity index (χ4v) is 3.19.